The fourth-order valence-corrected chi connectivity index (χ4v) is 3.48. The lowest BCUT2D eigenvalue weighted by Crippen LogP contribution is -2.23. The zero-order valence-electron chi connectivity index (χ0n) is 14.3. The van der Waals surface area contributed by atoms with Gasteiger partial charge in [0.05, 0.1) is 0 Å². The molecule has 1 fully saturated rings. The van der Waals surface area contributed by atoms with Gasteiger partial charge in [-0.3, -0.25) is 9.59 Å². The third-order valence-corrected chi connectivity index (χ3v) is 5.15. The molecule has 0 aromatic heterocycles. The van der Waals surface area contributed by atoms with Gasteiger partial charge in [0, 0.05) is 24.2 Å². The molecule has 1 aliphatic rings. The van der Waals surface area contributed by atoms with Crippen molar-refractivity contribution in [3.63, 3.8) is 0 Å². The Morgan fingerprint density at radius 1 is 1.15 bits per heavy atom. The first-order valence-electron chi connectivity index (χ1n) is 8.21. The fraction of sp³-hybridized carbons (Fsp3) is 0.158. The highest BCUT2D eigenvalue weighted by Gasteiger charge is 2.21. The molecule has 27 heavy (non-hydrogen) atoms. The third-order valence-electron chi connectivity index (χ3n) is 4.23. The maximum atomic E-state index is 13.5. The van der Waals surface area contributed by atoms with Gasteiger partial charge in [-0.2, -0.15) is 0 Å². The predicted molar refractivity (Wildman–Crippen MR) is 99.2 cm³/mol. The van der Waals surface area contributed by atoms with Crippen molar-refractivity contribution >= 4 is 33.5 Å². The highest BCUT2D eigenvalue weighted by Crippen LogP contribution is 2.22. The van der Waals surface area contributed by atoms with E-state index in [-0.39, 0.29) is 11.7 Å². The largest absolute Gasteiger partial charge is 0.312 e. The standard InChI is InChI=1S/C19H17FN2O4S/c20-16-9-3-13(12-18(16)27(21,25)26)4-10-17(23)14-5-7-15(8-6-14)22-11-1-2-19(22)24/h3-10,12H,1-2,11H2,(H2,21,25,26). The van der Waals surface area contributed by atoms with Crippen LogP contribution in [0.2, 0.25) is 0 Å². The number of halogens is 1. The van der Waals surface area contributed by atoms with Crippen molar-refractivity contribution in [2.24, 2.45) is 5.14 Å². The summed E-state index contributed by atoms with van der Waals surface area (Å²) in [6.45, 7) is 0.670. The Kier molecular flexibility index (Phi) is 5.20. The van der Waals surface area contributed by atoms with E-state index in [1.165, 1.54) is 18.2 Å². The van der Waals surface area contributed by atoms with Gasteiger partial charge in [-0.05, 0) is 54.5 Å². The molecule has 0 atom stereocenters. The van der Waals surface area contributed by atoms with E-state index < -0.39 is 20.7 Å². The Hall–Kier alpha value is -2.84. The van der Waals surface area contributed by atoms with Crippen LogP contribution in [-0.4, -0.2) is 26.7 Å². The zero-order valence-corrected chi connectivity index (χ0v) is 15.1. The summed E-state index contributed by atoms with van der Waals surface area (Å²) in [6.07, 6.45) is 3.99. The number of primary sulfonamides is 1. The number of rotatable bonds is 5. The molecule has 0 unspecified atom stereocenters. The summed E-state index contributed by atoms with van der Waals surface area (Å²) < 4.78 is 36.2. The number of anilines is 1. The molecule has 2 aromatic rings. The van der Waals surface area contributed by atoms with Gasteiger partial charge >= 0.3 is 0 Å². The molecule has 3 rings (SSSR count). The molecule has 140 valence electrons. The van der Waals surface area contributed by atoms with Crippen LogP contribution in [0.5, 0.6) is 0 Å². The lowest BCUT2D eigenvalue weighted by molar-refractivity contribution is -0.117. The molecular formula is C19H17FN2O4S. The molecule has 0 spiro atoms. The summed E-state index contributed by atoms with van der Waals surface area (Å²) >= 11 is 0. The lowest BCUT2D eigenvalue weighted by Gasteiger charge is -2.15. The number of hydrogen-bond donors (Lipinski definition) is 1. The molecule has 1 aliphatic heterocycles. The topological polar surface area (TPSA) is 97.5 Å². The van der Waals surface area contributed by atoms with Gasteiger partial charge in [0.25, 0.3) is 0 Å². The van der Waals surface area contributed by atoms with Gasteiger partial charge in [0.2, 0.25) is 15.9 Å². The summed E-state index contributed by atoms with van der Waals surface area (Å²) in [7, 11) is -4.19. The lowest BCUT2D eigenvalue weighted by atomic mass is 10.1. The van der Waals surface area contributed by atoms with Crippen molar-refractivity contribution in [2.75, 3.05) is 11.4 Å². The van der Waals surface area contributed by atoms with Crippen molar-refractivity contribution in [3.8, 4) is 0 Å². The Bertz CT molecular complexity index is 1030. The van der Waals surface area contributed by atoms with E-state index in [1.54, 1.807) is 29.2 Å². The van der Waals surface area contributed by atoms with Crippen LogP contribution in [0.1, 0.15) is 28.8 Å². The fourth-order valence-electron chi connectivity index (χ4n) is 2.84. The van der Waals surface area contributed by atoms with E-state index in [2.05, 4.69) is 0 Å². The maximum absolute atomic E-state index is 13.5. The predicted octanol–water partition coefficient (Wildman–Crippen LogP) is 2.50. The number of hydrogen-bond acceptors (Lipinski definition) is 4. The van der Waals surface area contributed by atoms with Crippen LogP contribution in [-0.2, 0) is 14.8 Å². The second-order valence-electron chi connectivity index (χ2n) is 6.13. The molecule has 0 radical (unpaired) electrons. The maximum Gasteiger partial charge on any atom is 0.240 e. The number of nitrogens with two attached hydrogens (primary N) is 1. The number of allylic oxidation sites excluding steroid dienone is 1. The first kappa shape index (κ1) is 18.9. The SMILES string of the molecule is NS(=O)(=O)c1cc(C=CC(=O)c2ccc(N3CCCC3=O)cc2)ccc1F. The first-order chi connectivity index (χ1) is 12.8. The molecule has 8 heteroatoms. The van der Waals surface area contributed by atoms with Gasteiger partial charge in [-0.15, -0.1) is 0 Å². The van der Waals surface area contributed by atoms with Gasteiger partial charge in [0.1, 0.15) is 10.7 Å². The molecule has 0 bridgehead atoms. The quantitative estimate of drug-likeness (QED) is 0.629. The van der Waals surface area contributed by atoms with Crippen LogP contribution >= 0.6 is 0 Å². The third kappa shape index (κ3) is 4.29. The summed E-state index contributed by atoms with van der Waals surface area (Å²) in [4.78, 5) is 25.1. The van der Waals surface area contributed by atoms with Crippen molar-refractivity contribution < 1.29 is 22.4 Å². The Balaban J connectivity index is 1.76. The van der Waals surface area contributed by atoms with Gasteiger partial charge < -0.3 is 4.90 Å². The van der Waals surface area contributed by atoms with Crippen LogP contribution in [0.4, 0.5) is 10.1 Å². The molecule has 1 amide bonds. The second kappa shape index (κ2) is 7.42. The number of ketones is 1. The minimum atomic E-state index is -4.19. The van der Waals surface area contributed by atoms with Gasteiger partial charge in [-0.25, -0.2) is 17.9 Å². The van der Waals surface area contributed by atoms with Crippen molar-refractivity contribution in [1.29, 1.82) is 0 Å². The van der Waals surface area contributed by atoms with Crippen LogP contribution in [0.25, 0.3) is 6.08 Å². The average molecular weight is 388 g/mol. The monoisotopic (exact) mass is 388 g/mol. The normalized spacial score (nSPS) is 14.9. The first-order valence-corrected chi connectivity index (χ1v) is 9.75. The summed E-state index contributed by atoms with van der Waals surface area (Å²) in [5, 5.41) is 4.96. The van der Waals surface area contributed by atoms with E-state index in [0.29, 0.717) is 24.1 Å². The summed E-state index contributed by atoms with van der Waals surface area (Å²) in [5.41, 5.74) is 1.48. The van der Waals surface area contributed by atoms with Gasteiger partial charge in [0.15, 0.2) is 5.78 Å². The molecule has 0 saturated carbocycles. The number of sulfonamides is 1. The van der Waals surface area contributed by atoms with Crippen molar-refractivity contribution in [1.82, 2.24) is 0 Å². The Labute approximate surface area is 156 Å². The van der Waals surface area contributed by atoms with Crippen molar-refractivity contribution in [3.05, 3.63) is 65.5 Å². The van der Waals surface area contributed by atoms with Gasteiger partial charge in [-0.1, -0.05) is 12.1 Å². The van der Waals surface area contributed by atoms with E-state index >= 15 is 0 Å². The number of carbonyl (C=O) groups excluding carboxylic acids is 2. The molecule has 1 heterocycles. The minimum Gasteiger partial charge on any atom is -0.312 e. The Morgan fingerprint density at radius 2 is 1.85 bits per heavy atom. The smallest absolute Gasteiger partial charge is 0.240 e. The van der Waals surface area contributed by atoms with Crippen LogP contribution < -0.4 is 10.0 Å². The molecule has 0 aliphatic carbocycles. The number of nitrogens with zero attached hydrogens (tertiary/aromatic N) is 1. The summed E-state index contributed by atoms with van der Waals surface area (Å²) in [6, 6.07) is 10.0. The van der Waals surface area contributed by atoms with Crippen molar-refractivity contribution in [2.45, 2.75) is 17.7 Å². The number of carbonyl (C=O) groups is 2. The Morgan fingerprint density at radius 3 is 2.44 bits per heavy atom. The molecule has 2 aromatic carbocycles. The molecular weight excluding hydrogens is 371 g/mol. The average Bonchev–Trinajstić information content (AvgIpc) is 3.06. The zero-order chi connectivity index (χ0) is 19.6. The summed E-state index contributed by atoms with van der Waals surface area (Å²) in [5.74, 6) is -1.19. The molecule has 6 nitrogen and oxygen atoms in total. The van der Waals surface area contributed by atoms with E-state index in [4.69, 9.17) is 5.14 Å². The molecule has 1 saturated heterocycles. The van der Waals surface area contributed by atoms with Crippen LogP contribution in [0, 0.1) is 5.82 Å². The van der Waals surface area contributed by atoms with E-state index in [0.717, 1.165) is 24.2 Å². The van der Waals surface area contributed by atoms with Crippen LogP contribution in [0.3, 0.4) is 0 Å². The second-order valence-corrected chi connectivity index (χ2v) is 7.66. The highest BCUT2D eigenvalue weighted by atomic mass is 32.2. The van der Waals surface area contributed by atoms with Crippen LogP contribution in [0.15, 0.2) is 53.4 Å². The minimum absolute atomic E-state index is 0.0657. The highest BCUT2D eigenvalue weighted by molar-refractivity contribution is 7.89. The molecule has 2 N–H and O–H groups in total. The van der Waals surface area contributed by atoms with E-state index in [1.807, 2.05) is 0 Å². The number of amides is 1. The van der Waals surface area contributed by atoms with E-state index in [9.17, 15) is 22.4 Å². The number of benzene rings is 2.